The zero-order chi connectivity index (χ0) is 14.8. The maximum atomic E-state index is 8.79. The van der Waals surface area contributed by atoms with Crippen molar-refractivity contribution in [2.75, 3.05) is 0 Å². The lowest BCUT2D eigenvalue weighted by atomic mass is 10.2. The predicted molar refractivity (Wildman–Crippen MR) is 79.5 cm³/mol. The van der Waals surface area contributed by atoms with Gasteiger partial charge in [-0.1, -0.05) is 11.2 Å². The third-order valence-corrected chi connectivity index (χ3v) is 3.70. The van der Waals surface area contributed by atoms with Crippen molar-refractivity contribution in [2.24, 2.45) is 10.9 Å². The van der Waals surface area contributed by atoms with Crippen molar-refractivity contribution in [3.63, 3.8) is 0 Å². The highest BCUT2D eigenvalue weighted by Gasteiger charge is 2.13. The summed E-state index contributed by atoms with van der Waals surface area (Å²) in [6.45, 7) is 2.02. The molecule has 106 valence electrons. The Labute approximate surface area is 124 Å². The first-order valence-corrected chi connectivity index (χ1v) is 6.92. The van der Waals surface area contributed by atoms with Crippen molar-refractivity contribution in [1.29, 1.82) is 0 Å². The molecule has 2 heterocycles. The van der Waals surface area contributed by atoms with E-state index < -0.39 is 0 Å². The summed E-state index contributed by atoms with van der Waals surface area (Å²) in [4.78, 5) is 16.0. The van der Waals surface area contributed by atoms with Gasteiger partial charge in [0.15, 0.2) is 11.0 Å². The molecule has 0 aliphatic carbocycles. The van der Waals surface area contributed by atoms with Crippen LogP contribution < -0.4 is 5.73 Å². The average molecular weight is 300 g/mol. The van der Waals surface area contributed by atoms with Crippen LogP contribution in [0, 0.1) is 6.92 Å². The Bertz CT molecular complexity index is 828. The molecule has 0 aliphatic heterocycles. The van der Waals surface area contributed by atoms with Gasteiger partial charge >= 0.3 is 0 Å². The van der Waals surface area contributed by atoms with Gasteiger partial charge in [0.05, 0.1) is 11.0 Å². The molecule has 0 bridgehead atoms. The van der Waals surface area contributed by atoms with E-state index in [1.165, 1.54) is 18.0 Å². The van der Waals surface area contributed by atoms with Crippen LogP contribution in [0.3, 0.4) is 0 Å². The van der Waals surface area contributed by atoms with Crippen LogP contribution >= 0.6 is 11.8 Å². The molecule has 8 heteroatoms. The smallest absolute Gasteiger partial charge is 0.191 e. The molecule has 0 radical (unpaired) electrons. The molecule has 4 N–H and O–H groups in total. The molecule has 2 aromatic heterocycles. The summed E-state index contributed by atoms with van der Waals surface area (Å²) in [6, 6.07) is 5.97. The minimum Gasteiger partial charge on any atom is -0.409 e. The summed E-state index contributed by atoms with van der Waals surface area (Å²) in [5, 5.41) is 12.9. The highest BCUT2D eigenvalue weighted by molar-refractivity contribution is 7.99. The number of benzene rings is 1. The Morgan fingerprint density at radius 1 is 1.33 bits per heavy atom. The molecule has 0 aliphatic rings. The first-order valence-electron chi connectivity index (χ1n) is 6.10. The Hall–Kier alpha value is -2.61. The Balaban J connectivity index is 1.99. The van der Waals surface area contributed by atoms with E-state index in [0.29, 0.717) is 15.9 Å². The zero-order valence-corrected chi connectivity index (χ0v) is 11.9. The van der Waals surface area contributed by atoms with E-state index >= 15 is 0 Å². The van der Waals surface area contributed by atoms with Gasteiger partial charge in [0.25, 0.3) is 0 Å². The van der Waals surface area contributed by atoms with E-state index in [0.717, 1.165) is 16.6 Å². The molecule has 0 amide bonds. The van der Waals surface area contributed by atoms with Crippen LogP contribution in [0.25, 0.3) is 11.0 Å². The minimum atomic E-state index is -0.0856. The number of aromatic amines is 1. The number of hydrogen-bond donors (Lipinski definition) is 3. The van der Waals surface area contributed by atoms with Gasteiger partial charge in [0.1, 0.15) is 10.7 Å². The Morgan fingerprint density at radius 2 is 2.14 bits per heavy atom. The molecular formula is C13H12N6OS. The molecule has 0 unspecified atom stereocenters. The van der Waals surface area contributed by atoms with Gasteiger partial charge < -0.3 is 15.9 Å². The monoisotopic (exact) mass is 300 g/mol. The maximum Gasteiger partial charge on any atom is 0.191 e. The number of nitrogens with two attached hydrogens (primary N) is 1. The Morgan fingerprint density at radius 3 is 2.95 bits per heavy atom. The maximum absolute atomic E-state index is 8.79. The number of imidazole rings is 1. The second-order valence-corrected chi connectivity index (χ2v) is 5.34. The molecule has 21 heavy (non-hydrogen) atoms. The van der Waals surface area contributed by atoms with Crippen molar-refractivity contribution in [1.82, 2.24) is 19.9 Å². The fourth-order valence-electron chi connectivity index (χ4n) is 1.86. The van der Waals surface area contributed by atoms with Crippen molar-refractivity contribution in [3.8, 4) is 0 Å². The number of amidine groups is 1. The van der Waals surface area contributed by atoms with Crippen LogP contribution in [0.5, 0.6) is 0 Å². The first kappa shape index (κ1) is 13.4. The molecule has 0 saturated heterocycles. The van der Waals surface area contributed by atoms with Gasteiger partial charge in [-0.3, -0.25) is 0 Å². The third kappa shape index (κ3) is 2.65. The number of oxime groups is 1. The first-order chi connectivity index (χ1) is 10.2. The van der Waals surface area contributed by atoms with E-state index in [2.05, 4.69) is 25.1 Å². The summed E-state index contributed by atoms with van der Waals surface area (Å²) in [7, 11) is 0. The van der Waals surface area contributed by atoms with Crippen molar-refractivity contribution in [3.05, 3.63) is 41.9 Å². The zero-order valence-electron chi connectivity index (χ0n) is 11.1. The lowest BCUT2D eigenvalue weighted by molar-refractivity contribution is 0.318. The number of rotatable bonds is 3. The summed E-state index contributed by atoms with van der Waals surface area (Å²) in [6.07, 6.45) is 3.03. The molecule has 3 rings (SSSR count). The number of fused-ring (bicyclic) bond motifs is 1. The van der Waals surface area contributed by atoms with E-state index in [-0.39, 0.29) is 5.84 Å². The standard InChI is InChI=1S/C13H12N6OS/c1-7-2-3-8-9(6-7)18-13(17-8)21-12-10(11(14)19-20)15-4-5-16-12/h2-6,20H,1H3,(H2,14,19)(H,17,18). The second kappa shape index (κ2) is 5.41. The van der Waals surface area contributed by atoms with Crippen LogP contribution in [0.2, 0.25) is 0 Å². The van der Waals surface area contributed by atoms with E-state index in [1.807, 2.05) is 25.1 Å². The van der Waals surface area contributed by atoms with Crippen LogP contribution in [-0.4, -0.2) is 31.0 Å². The highest BCUT2D eigenvalue weighted by Crippen LogP contribution is 2.27. The molecule has 0 spiro atoms. The molecule has 1 aromatic carbocycles. The lowest BCUT2D eigenvalue weighted by Gasteiger charge is -2.02. The second-order valence-electron chi connectivity index (χ2n) is 4.36. The van der Waals surface area contributed by atoms with Crippen molar-refractivity contribution >= 4 is 28.6 Å². The van der Waals surface area contributed by atoms with Gasteiger partial charge in [-0.05, 0) is 36.4 Å². The number of H-pyrrole nitrogens is 1. The van der Waals surface area contributed by atoms with Crippen LogP contribution in [0.4, 0.5) is 0 Å². The van der Waals surface area contributed by atoms with Gasteiger partial charge in [-0.25, -0.2) is 15.0 Å². The molecular weight excluding hydrogens is 288 g/mol. The molecule has 0 fully saturated rings. The topological polar surface area (TPSA) is 113 Å². The normalized spacial score (nSPS) is 12.0. The lowest BCUT2D eigenvalue weighted by Crippen LogP contribution is -2.16. The largest absolute Gasteiger partial charge is 0.409 e. The number of hydrogen-bond acceptors (Lipinski definition) is 6. The fraction of sp³-hybridized carbons (Fsp3) is 0.0769. The van der Waals surface area contributed by atoms with Crippen LogP contribution in [-0.2, 0) is 0 Å². The number of aryl methyl sites for hydroxylation is 1. The number of aromatic nitrogens is 4. The summed E-state index contributed by atoms with van der Waals surface area (Å²) in [5.74, 6) is -0.0856. The van der Waals surface area contributed by atoms with E-state index in [9.17, 15) is 0 Å². The Kier molecular flexibility index (Phi) is 3.44. The number of nitrogens with zero attached hydrogens (tertiary/aromatic N) is 4. The molecule has 0 saturated carbocycles. The number of nitrogens with one attached hydrogen (secondary N) is 1. The third-order valence-electron chi connectivity index (χ3n) is 2.82. The minimum absolute atomic E-state index is 0.0856. The average Bonchev–Trinajstić information content (AvgIpc) is 2.88. The van der Waals surface area contributed by atoms with Crippen molar-refractivity contribution < 1.29 is 5.21 Å². The fourth-order valence-corrected chi connectivity index (χ4v) is 2.72. The molecule has 0 atom stereocenters. The van der Waals surface area contributed by atoms with Crippen LogP contribution in [0.1, 0.15) is 11.3 Å². The van der Waals surface area contributed by atoms with Crippen molar-refractivity contribution in [2.45, 2.75) is 17.1 Å². The van der Waals surface area contributed by atoms with Gasteiger partial charge in [-0.15, -0.1) is 0 Å². The van der Waals surface area contributed by atoms with E-state index in [1.54, 1.807) is 6.20 Å². The summed E-state index contributed by atoms with van der Waals surface area (Å²) < 4.78 is 0. The SMILES string of the molecule is Cc1ccc2nc(Sc3nccnc3C(N)=NO)[nH]c2c1. The molecule has 3 aromatic rings. The van der Waals surface area contributed by atoms with E-state index in [4.69, 9.17) is 10.9 Å². The summed E-state index contributed by atoms with van der Waals surface area (Å²) in [5.41, 5.74) is 8.89. The van der Waals surface area contributed by atoms with Crippen LogP contribution in [0.15, 0.2) is 45.9 Å². The van der Waals surface area contributed by atoms with Gasteiger partial charge in [0.2, 0.25) is 0 Å². The van der Waals surface area contributed by atoms with Gasteiger partial charge in [-0.2, -0.15) is 0 Å². The predicted octanol–water partition coefficient (Wildman–Crippen LogP) is 1.91. The summed E-state index contributed by atoms with van der Waals surface area (Å²) >= 11 is 1.28. The van der Waals surface area contributed by atoms with Gasteiger partial charge in [0, 0.05) is 12.4 Å². The quantitative estimate of drug-likeness (QED) is 0.295. The highest BCUT2D eigenvalue weighted by atomic mass is 32.2. The molecule has 7 nitrogen and oxygen atoms in total.